The number of para-hydroxylation sites is 2. The Morgan fingerprint density at radius 3 is 2.62 bits per heavy atom. The van der Waals surface area contributed by atoms with E-state index < -0.39 is 0 Å². The molecule has 0 fully saturated rings. The molecule has 0 unspecified atom stereocenters. The third kappa shape index (κ3) is 5.00. The first-order valence-corrected chi connectivity index (χ1v) is 6.91. The topological polar surface area (TPSA) is 47.6 Å². The van der Waals surface area contributed by atoms with Crippen molar-refractivity contribution < 1.29 is 14.3 Å². The predicted molar refractivity (Wildman–Crippen MR) is 83.2 cm³/mol. The molecule has 2 aromatic rings. The highest BCUT2D eigenvalue weighted by Gasteiger charge is 2.04. The molecule has 0 aliphatic rings. The molecular formula is C16H16ClNO3. The van der Waals surface area contributed by atoms with Crippen molar-refractivity contribution in [3.63, 3.8) is 0 Å². The fraction of sp³-hybridized carbons (Fsp3) is 0.188. The number of nitrogens with one attached hydrogen (secondary N) is 1. The summed E-state index contributed by atoms with van der Waals surface area (Å²) in [4.78, 5) is 11.1. The van der Waals surface area contributed by atoms with Crippen LogP contribution in [-0.2, 0) is 4.79 Å². The Bertz CT molecular complexity index is 616. The fourth-order valence-corrected chi connectivity index (χ4v) is 1.93. The summed E-state index contributed by atoms with van der Waals surface area (Å²) >= 11 is 5.87. The second-order valence-electron chi connectivity index (χ2n) is 4.33. The molecule has 4 nitrogen and oxygen atoms in total. The Hall–Kier alpha value is -2.20. The number of rotatable bonds is 6. The summed E-state index contributed by atoms with van der Waals surface area (Å²) in [6.07, 6.45) is 0. The fourth-order valence-electron chi connectivity index (χ4n) is 1.75. The van der Waals surface area contributed by atoms with Crippen molar-refractivity contribution >= 4 is 23.2 Å². The molecule has 0 heterocycles. The monoisotopic (exact) mass is 305 g/mol. The van der Waals surface area contributed by atoms with E-state index in [1.807, 2.05) is 24.3 Å². The largest absolute Gasteiger partial charge is 0.490 e. The molecule has 0 aliphatic heterocycles. The van der Waals surface area contributed by atoms with E-state index in [0.717, 1.165) is 0 Å². The van der Waals surface area contributed by atoms with Gasteiger partial charge < -0.3 is 14.8 Å². The minimum atomic E-state index is -0.138. The van der Waals surface area contributed by atoms with Gasteiger partial charge in [-0.1, -0.05) is 29.8 Å². The van der Waals surface area contributed by atoms with Gasteiger partial charge in [0, 0.05) is 11.9 Å². The van der Waals surface area contributed by atoms with Crippen LogP contribution in [0.25, 0.3) is 0 Å². The first-order chi connectivity index (χ1) is 10.1. The summed E-state index contributed by atoms with van der Waals surface area (Å²) in [6, 6.07) is 14.4. The number of carbonyl (C=O) groups is 1. The highest BCUT2D eigenvalue weighted by atomic mass is 35.5. The third-order valence-corrected chi connectivity index (χ3v) is 2.84. The van der Waals surface area contributed by atoms with E-state index in [9.17, 15) is 4.79 Å². The molecule has 1 amide bonds. The Morgan fingerprint density at radius 1 is 1.10 bits per heavy atom. The third-order valence-electron chi connectivity index (χ3n) is 2.60. The van der Waals surface area contributed by atoms with Gasteiger partial charge in [0.05, 0.1) is 5.69 Å². The summed E-state index contributed by atoms with van der Waals surface area (Å²) < 4.78 is 11.2. The first-order valence-electron chi connectivity index (χ1n) is 6.53. The van der Waals surface area contributed by atoms with E-state index in [1.165, 1.54) is 6.92 Å². The van der Waals surface area contributed by atoms with Crippen LogP contribution < -0.4 is 14.8 Å². The zero-order valence-corrected chi connectivity index (χ0v) is 12.4. The molecule has 110 valence electrons. The lowest BCUT2D eigenvalue weighted by molar-refractivity contribution is -0.114. The lowest BCUT2D eigenvalue weighted by atomic mass is 10.3. The van der Waals surface area contributed by atoms with Gasteiger partial charge in [-0.3, -0.25) is 4.79 Å². The van der Waals surface area contributed by atoms with Gasteiger partial charge in [-0.2, -0.15) is 0 Å². The van der Waals surface area contributed by atoms with Gasteiger partial charge in [-0.25, -0.2) is 0 Å². The van der Waals surface area contributed by atoms with Crippen LogP contribution in [0.4, 0.5) is 5.69 Å². The zero-order valence-electron chi connectivity index (χ0n) is 11.6. The van der Waals surface area contributed by atoms with E-state index in [4.69, 9.17) is 21.1 Å². The second-order valence-corrected chi connectivity index (χ2v) is 4.77. The summed E-state index contributed by atoms with van der Waals surface area (Å²) in [5, 5.41) is 3.35. The van der Waals surface area contributed by atoms with Crippen molar-refractivity contribution in [3.8, 4) is 11.5 Å². The van der Waals surface area contributed by atoms with Crippen LogP contribution in [-0.4, -0.2) is 19.1 Å². The SMILES string of the molecule is CC(=O)Nc1ccccc1OCCOc1cccc(Cl)c1. The van der Waals surface area contributed by atoms with Crippen LogP contribution in [0.5, 0.6) is 11.5 Å². The van der Waals surface area contributed by atoms with Crippen LogP contribution in [0.2, 0.25) is 5.02 Å². The van der Waals surface area contributed by atoms with Crippen molar-refractivity contribution in [2.45, 2.75) is 6.92 Å². The number of benzene rings is 2. The number of ether oxygens (including phenoxy) is 2. The van der Waals surface area contributed by atoms with Gasteiger partial charge in [0.25, 0.3) is 0 Å². The van der Waals surface area contributed by atoms with Crippen molar-refractivity contribution in [1.29, 1.82) is 0 Å². The van der Waals surface area contributed by atoms with Gasteiger partial charge in [-0.15, -0.1) is 0 Å². The Balaban J connectivity index is 1.85. The molecule has 2 aromatic carbocycles. The van der Waals surface area contributed by atoms with E-state index >= 15 is 0 Å². The quantitative estimate of drug-likeness (QED) is 0.827. The number of anilines is 1. The Labute approximate surface area is 128 Å². The van der Waals surface area contributed by atoms with Gasteiger partial charge in [-0.05, 0) is 30.3 Å². The smallest absolute Gasteiger partial charge is 0.221 e. The number of halogens is 1. The average Bonchev–Trinajstić information content (AvgIpc) is 2.45. The van der Waals surface area contributed by atoms with E-state index in [0.29, 0.717) is 35.4 Å². The molecule has 21 heavy (non-hydrogen) atoms. The molecule has 2 rings (SSSR count). The van der Waals surface area contributed by atoms with Crippen molar-refractivity contribution in [2.24, 2.45) is 0 Å². The highest BCUT2D eigenvalue weighted by Crippen LogP contribution is 2.23. The van der Waals surface area contributed by atoms with Crippen LogP contribution in [0.3, 0.4) is 0 Å². The van der Waals surface area contributed by atoms with Crippen LogP contribution in [0, 0.1) is 0 Å². The van der Waals surface area contributed by atoms with Crippen molar-refractivity contribution in [2.75, 3.05) is 18.5 Å². The van der Waals surface area contributed by atoms with Gasteiger partial charge in [0.1, 0.15) is 24.7 Å². The second kappa shape index (κ2) is 7.55. The molecule has 0 saturated carbocycles. The van der Waals surface area contributed by atoms with Crippen LogP contribution in [0.15, 0.2) is 48.5 Å². The summed E-state index contributed by atoms with van der Waals surface area (Å²) in [5.74, 6) is 1.17. The van der Waals surface area contributed by atoms with E-state index in [-0.39, 0.29) is 5.91 Å². The standard InChI is InChI=1S/C16H16ClNO3/c1-12(19)18-15-7-2-3-8-16(15)21-10-9-20-14-6-4-5-13(17)11-14/h2-8,11H,9-10H2,1H3,(H,18,19). The van der Waals surface area contributed by atoms with Crippen molar-refractivity contribution in [1.82, 2.24) is 0 Å². The Kier molecular flexibility index (Phi) is 5.46. The molecule has 5 heteroatoms. The number of hydrogen-bond acceptors (Lipinski definition) is 3. The van der Waals surface area contributed by atoms with E-state index in [2.05, 4.69) is 5.32 Å². The average molecular weight is 306 g/mol. The molecule has 1 N–H and O–H groups in total. The van der Waals surface area contributed by atoms with Gasteiger partial charge >= 0.3 is 0 Å². The molecule has 0 atom stereocenters. The maximum Gasteiger partial charge on any atom is 0.221 e. The minimum Gasteiger partial charge on any atom is -0.490 e. The first kappa shape index (κ1) is 15.2. The van der Waals surface area contributed by atoms with Crippen molar-refractivity contribution in [3.05, 3.63) is 53.6 Å². The number of hydrogen-bond donors (Lipinski definition) is 1. The van der Waals surface area contributed by atoms with Gasteiger partial charge in [0.15, 0.2) is 0 Å². The molecule has 0 aliphatic carbocycles. The molecule has 0 radical (unpaired) electrons. The normalized spacial score (nSPS) is 10.0. The van der Waals surface area contributed by atoms with Crippen LogP contribution in [0.1, 0.15) is 6.92 Å². The van der Waals surface area contributed by atoms with Gasteiger partial charge in [0.2, 0.25) is 5.91 Å². The zero-order chi connectivity index (χ0) is 15.1. The lowest BCUT2D eigenvalue weighted by Crippen LogP contribution is -2.12. The number of carbonyl (C=O) groups excluding carboxylic acids is 1. The summed E-state index contributed by atoms with van der Waals surface area (Å²) in [6.45, 7) is 2.21. The number of amides is 1. The minimum absolute atomic E-state index is 0.138. The maximum absolute atomic E-state index is 11.1. The predicted octanol–water partition coefficient (Wildman–Crippen LogP) is 3.76. The Morgan fingerprint density at radius 2 is 1.86 bits per heavy atom. The molecular weight excluding hydrogens is 290 g/mol. The highest BCUT2D eigenvalue weighted by molar-refractivity contribution is 6.30. The molecule has 0 bridgehead atoms. The molecule has 0 saturated heterocycles. The van der Waals surface area contributed by atoms with Crippen LogP contribution >= 0.6 is 11.6 Å². The lowest BCUT2D eigenvalue weighted by Gasteiger charge is -2.12. The molecule has 0 spiro atoms. The summed E-state index contributed by atoms with van der Waals surface area (Å²) in [7, 11) is 0. The summed E-state index contributed by atoms with van der Waals surface area (Å²) in [5.41, 5.74) is 0.646. The molecule has 0 aromatic heterocycles. The van der Waals surface area contributed by atoms with E-state index in [1.54, 1.807) is 24.3 Å². The maximum atomic E-state index is 11.1.